The van der Waals surface area contributed by atoms with Gasteiger partial charge < -0.3 is 5.32 Å². The van der Waals surface area contributed by atoms with E-state index < -0.39 is 0 Å². The van der Waals surface area contributed by atoms with E-state index in [4.69, 9.17) is 4.98 Å². The summed E-state index contributed by atoms with van der Waals surface area (Å²) in [5.74, 6) is 1.29. The largest absolute Gasteiger partial charge is 0.343 e. The van der Waals surface area contributed by atoms with Gasteiger partial charge in [0.2, 0.25) is 5.95 Å². The normalized spacial score (nSPS) is 16.7. The molecule has 9 heteroatoms. The van der Waals surface area contributed by atoms with Crippen molar-refractivity contribution in [1.82, 2.24) is 24.8 Å². The molecule has 0 unspecified atom stereocenters. The summed E-state index contributed by atoms with van der Waals surface area (Å²) < 4.78 is 1.81. The molecule has 1 saturated carbocycles. The predicted molar refractivity (Wildman–Crippen MR) is 120 cm³/mol. The number of hydrazine groups is 1. The molecule has 2 amide bonds. The first-order valence-corrected chi connectivity index (χ1v) is 10.7. The maximum absolute atomic E-state index is 12.9. The first-order chi connectivity index (χ1) is 15.2. The summed E-state index contributed by atoms with van der Waals surface area (Å²) in [7, 11) is 1.78. The molecule has 0 saturated heterocycles. The quantitative estimate of drug-likeness (QED) is 0.675. The molecular formula is C22H26N8O. The van der Waals surface area contributed by atoms with Crippen molar-refractivity contribution in [3.63, 3.8) is 0 Å². The Morgan fingerprint density at radius 2 is 1.94 bits per heavy atom. The Morgan fingerprint density at radius 1 is 1.16 bits per heavy atom. The maximum atomic E-state index is 12.9. The second-order valence-corrected chi connectivity index (χ2v) is 7.87. The van der Waals surface area contributed by atoms with E-state index in [0.717, 1.165) is 35.7 Å². The smallest absolute Gasteiger partial charge is 0.324 e. The van der Waals surface area contributed by atoms with Gasteiger partial charge in [-0.2, -0.15) is 10.1 Å². The molecule has 0 radical (unpaired) electrons. The molecule has 1 fully saturated rings. The summed E-state index contributed by atoms with van der Waals surface area (Å²) in [6.07, 6.45) is 9.88. The van der Waals surface area contributed by atoms with Crippen molar-refractivity contribution in [1.29, 1.82) is 0 Å². The molecule has 2 aliphatic rings. The Labute approximate surface area is 181 Å². The van der Waals surface area contributed by atoms with Crippen molar-refractivity contribution in [2.45, 2.75) is 38.6 Å². The minimum absolute atomic E-state index is 0.0413. The third-order valence-electron chi connectivity index (χ3n) is 5.96. The predicted octanol–water partition coefficient (Wildman–Crippen LogP) is 3.96. The molecule has 9 nitrogen and oxygen atoms in total. The number of nitrogens with zero attached hydrogens (tertiary/aromatic N) is 7. The highest BCUT2D eigenvalue weighted by Gasteiger charge is 2.39. The number of hydrogen-bond donors (Lipinski definition) is 1. The standard InChI is InChI=1S/C22H26N8O/c1-3-29-22(31)27(2)19-15-23-21(26-20(19)30(29)18-7-4-5-8-18)25-16-9-11-17(12-10-16)28-14-6-13-24-28/h6,9-15,18H,3-5,7-8H2,1-2H3,(H,23,25,26). The number of hydrogen-bond acceptors (Lipinski definition) is 6. The fourth-order valence-corrected chi connectivity index (χ4v) is 4.37. The van der Waals surface area contributed by atoms with Gasteiger partial charge in [-0.3, -0.25) is 9.91 Å². The molecule has 3 aromatic rings. The number of anilines is 4. The van der Waals surface area contributed by atoms with Crippen molar-refractivity contribution >= 4 is 29.2 Å². The number of urea groups is 1. The number of benzene rings is 1. The second kappa shape index (κ2) is 7.90. The average molecular weight is 419 g/mol. The van der Waals surface area contributed by atoms with Crippen molar-refractivity contribution in [3.8, 4) is 5.69 Å². The summed E-state index contributed by atoms with van der Waals surface area (Å²) in [6, 6.07) is 10.1. The lowest BCUT2D eigenvalue weighted by Crippen LogP contribution is -2.59. The van der Waals surface area contributed by atoms with Gasteiger partial charge in [-0.25, -0.2) is 19.5 Å². The monoisotopic (exact) mass is 418 g/mol. The molecule has 31 heavy (non-hydrogen) atoms. The highest BCUT2D eigenvalue weighted by molar-refractivity contribution is 5.98. The summed E-state index contributed by atoms with van der Waals surface area (Å²) in [6.45, 7) is 2.60. The number of carbonyl (C=O) groups is 1. The third-order valence-corrected chi connectivity index (χ3v) is 5.96. The van der Waals surface area contributed by atoms with Gasteiger partial charge >= 0.3 is 6.03 Å². The SMILES string of the molecule is CCN1C(=O)N(C)c2cnc(Nc3ccc(-n4cccn4)cc3)nc2N1C1CCCC1. The van der Waals surface area contributed by atoms with E-state index in [1.807, 2.05) is 48.1 Å². The van der Waals surface area contributed by atoms with Gasteiger partial charge in [-0.1, -0.05) is 12.8 Å². The minimum Gasteiger partial charge on any atom is -0.324 e. The number of nitrogens with one attached hydrogen (secondary N) is 1. The molecule has 1 aliphatic heterocycles. The zero-order valence-corrected chi connectivity index (χ0v) is 17.8. The maximum Gasteiger partial charge on any atom is 0.343 e. The minimum atomic E-state index is -0.0413. The molecular weight excluding hydrogens is 392 g/mol. The van der Waals surface area contributed by atoms with Crippen molar-refractivity contribution in [2.75, 3.05) is 28.8 Å². The van der Waals surface area contributed by atoms with Crippen LogP contribution < -0.4 is 15.2 Å². The number of fused-ring (bicyclic) bond motifs is 1. The van der Waals surface area contributed by atoms with Gasteiger partial charge in [0.25, 0.3) is 0 Å². The van der Waals surface area contributed by atoms with Gasteiger partial charge in [-0.15, -0.1) is 0 Å². The lowest BCUT2D eigenvalue weighted by atomic mass is 10.2. The molecule has 2 aromatic heterocycles. The van der Waals surface area contributed by atoms with Crippen LogP contribution in [0.2, 0.25) is 0 Å². The van der Waals surface area contributed by atoms with Crippen LogP contribution in [0.15, 0.2) is 48.9 Å². The van der Waals surface area contributed by atoms with Crippen LogP contribution in [-0.2, 0) is 0 Å². The van der Waals surface area contributed by atoms with Crippen LogP contribution in [0.4, 0.5) is 27.9 Å². The molecule has 5 rings (SSSR count). The highest BCUT2D eigenvalue weighted by atomic mass is 16.2. The summed E-state index contributed by atoms with van der Waals surface area (Å²) in [5.41, 5.74) is 2.60. The van der Waals surface area contributed by atoms with E-state index in [9.17, 15) is 4.79 Å². The van der Waals surface area contributed by atoms with Crippen molar-refractivity contribution in [3.05, 3.63) is 48.9 Å². The van der Waals surface area contributed by atoms with E-state index >= 15 is 0 Å². The van der Waals surface area contributed by atoms with Crippen molar-refractivity contribution in [2.24, 2.45) is 0 Å². The third kappa shape index (κ3) is 3.45. The zero-order chi connectivity index (χ0) is 21.4. The molecule has 1 aliphatic carbocycles. The van der Waals surface area contributed by atoms with E-state index in [0.29, 0.717) is 12.5 Å². The van der Waals surface area contributed by atoms with Crippen LogP contribution >= 0.6 is 0 Å². The van der Waals surface area contributed by atoms with Gasteiger partial charge in [0.05, 0.1) is 17.9 Å². The van der Waals surface area contributed by atoms with Gasteiger partial charge in [0.1, 0.15) is 5.69 Å². The van der Waals surface area contributed by atoms with E-state index in [-0.39, 0.29) is 12.1 Å². The number of carbonyl (C=O) groups excluding carboxylic acids is 1. The first-order valence-electron chi connectivity index (χ1n) is 10.7. The molecule has 0 spiro atoms. The fourth-order valence-electron chi connectivity index (χ4n) is 4.37. The van der Waals surface area contributed by atoms with Gasteiger partial charge in [-0.05, 0) is 50.1 Å². The van der Waals surface area contributed by atoms with Crippen LogP contribution in [0.5, 0.6) is 0 Å². The lowest BCUT2D eigenvalue weighted by molar-refractivity contribution is 0.191. The first kappa shape index (κ1) is 19.3. The number of rotatable bonds is 5. The Morgan fingerprint density at radius 3 is 2.61 bits per heavy atom. The molecule has 1 N–H and O–H groups in total. The second-order valence-electron chi connectivity index (χ2n) is 7.87. The van der Waals surface area contributed by atoms with Crippen molar-refractivity contribution < 1.29 is 4.79 Å². The van der Waals surface area contributed by atoms with Crippen LogP contribution in [0, 0.1) is 0 Å². The molecule has 3 heterocycles. The fraction of sp³-hybridized carbons (Fsp3) is 0.364. The summed E-state index contributed by atoms with van der Waals surface area (Å²) in [4.78, 5) is 23.9. The molecule has 0 bridgehead atoms. The Hall–Kier alpha value is -3.62. The van der Waals surface area contributed by atoms with Gasteiger partial charge in [0, 0.05) is 31.7 Å². The lowest BCUT2D eigenvalue weighted by Gasteiger charge is -2.45. The van der Waals surface area contributed by atoms with E-state index in [2.05, 4.69) is 20.4 Å². The Bertz CT molecular complexity index is 1060. The zero-order valence-electron chi connectivity index (χ0n) is 17.8. The van der Waals surface area contributed by atoms with Crippen LogP contribution in [-0.4, -0.2) is 50.4 Å². The number of aromatic nitrogens is 4. The van der Waals surface area contributed by atoms with Crippen LogP contribution in [0.1, 0.15) is 32.6 Å². The molecule has 1 aromatic carbocycles. The molecule has 0 atom stereocenters. The number of amides is 2. The Balaban J connectivity index is 1.45. The highest BCUT2D eigenvalue weighted by Crippen LogP contribution is 2.38. The van der Waals surface area contributed by atoms with Crippen LogP contribution in [0.3, 0.4) is 0 Å². The molecule has 160 valence electrons. The topological polar surface area (TPSA) is 82.4 Å². The summed E-state index contributed by atoms with van der Waals surface area (Å²) in [5, 5.41) is 11.4. The van der Waals surface area contributed by atoms with Gasteiger partial charge in [0.15, 0.2) is 5.82 Å². The average Bonchev–Trinajstić information content (AvgIpc) is 3.51. The van der Waals surface area contributed by atoms with Crippen LogP contribution in [0.25, 0.3) is 5.69 Å². The summed E-state index contributed by atoms with van der Waals surface area (Å²) >= 11 is 0. The van der Waals surface area contributed by atoms with E-state index in [1.165, 1.54) is 12.8 Å². The Kier molecular flexibility index (Phi) is 4.93. The van der Waals surface area contributed by atoms with E-state index in [1.54, 1.807) is 29.4 Å².